The number of nitrogens with two attached hydrogens (primary N) is 1. The predicted molar refractivity (Wildman–Crippen MR) is 90.0 cm³/mol. The molecule has 1 aromatic carbocycles. The average Bonchev–Trinajstić information content (AvgIpc) is 2.49. The number of rotatable bonds is 6. The van der Waals surface area contributed by atoms with Gasteiger partial charge in [-0.2, -0.15) is 0 Å². The standard InChI is InChI=1S/C18H28N2O2/c1-14(2)22-16-8-6-15(7-9-16)20-17(21)12-18(13-19)10-4-3-5-11-18/h6-9,14H,3-5,10-13,19H2,1-2H3,(H,20,21). The molecule has 3 N–H and O–H groups in total. The number of benzene rings is 1. The molecule has 1 saturated carbocycles. The maximum atomic E-state index is 12.3. The Kier molecular flexibility index (Phi) is 5.83. The summed E-state index contributed by atoms with van der Waals surface area (Å²) < 4.78 is 5.60. The monoisotopic (exact) mass is 304 g/mol. The first-order valence-electron chi connectivity index (χ1n) is 8.30. The van der Waals surface area contributed by atoms with Crippen molar-refractivity contribution in [3.05, 3.63) is 24.3 Å². The van der Waals surface area contributed by atoms with Crippen molar-refractivity contribution in [2.24, 2.45) is 11.1 Å². The second-order valence-corrected chi connectivity index (χ2v) is 6.68. The van der Waals surface area contributed by atoms with Crippen LogP contribution in [0, 0.1) is 5.41 Å². The summed E-state index contributed by atoms with van der Waals surface area (Å²) in [5.41, 5.74) is 6.76. The summed E-state index contributed by atoms with van der Waals surface area (Å²) in [6.45, 7) is 4.58. The molecule has 1 amide bonds. The summed E-state index contributed by atoms with van der Waals surface area (Å²) in [5, 5.41) is 2.98. The van der Waals surface area contributed by atoms with E-state index in [1.807, 2.05) is 38.1 Å². The van der Waals surface area contributed by atoms with Crippen molar-refractivity contribution >= 4 is 11.6 Å². The van der Waals surface area contributed by atoms with Crippen LogP contribution in [0.2, 0.25) is 0 Å². The SMILES string of the molecule is CC(C)Oc1ccc(NC(=O)CC2(CN)CCCCC2)cc1. The molecule has 1 fully saturated rings. The summed E-state index contributed by atoms with van der Waals surface area (Å²) in [5.74, 6) is 0.878. The van der Waals surface area contributed by atoms with Crippen LogP contribution >= 0.6 is 0 Å². The van der Waals surface area contributed by atoms with Crippen LogP contribution in [-0.4, -0.2) is 18.6 Å². The Morgan fingerprint density at radius 3 is 2.41 bits per heavy atom. The predicted octanol–water partition coefficient (Wildman–Crippen LogP) is 3.71. The second kappa shape index (κ2) is 7.63. The highest BCUT2D eigenvalue weighted by Gasteiger charge is 2.32. The van der Waals surface area contributed by atoms with Crippen LogP contribution in [0.3, 0.4) is 0 Å². The number of amides is 1. The van der Waals surface area contributed by atoms with Gasteiger partial charge in [-0.15, -0.1) is 0 Å². The molecule has 0 unspecified atom stereocenters. The largest absolute Gasteiger partial charge is 0.491 e. The average molecular weight is 304 g/mol. The summed E-state index contributed by atoms with van der Waals surface area (Å²) >= 11 is 0. The number of anilines is 1. The van der Waals surface area contributed by atoms with Gasteiger partial charge in [0, 0.05) is 12.1 Å². The second-order valence-electron chi connectivity index (χ2n) is 6.68. The van der Waals surface area contributed by atoms with E-state index in [0.717, 1.165) is 24.3 Å². The number of carbonyl (C=O) groups is 1. The van der Waals surface area contributed by atoms with Crippen molar-refractivity contribution < 1.29 is 9.53 Å². The van der Waals surface area contributed by atoms with Crippen molar-refractivity contribution in [2.75, 3.05) is 11.9 Å². The van der Waals surface area contributed by atoms with Gasteiger partial charge in [-0.3, -0.25) is 4.79 Å². The minimum atomic E-state index is 0.00300. The van der Waals surface area contributed by atoms with Gasteiger partial charge in [-0.25, -0.2) is 0 Å². The van der Waals surface area contributed by atoms with E-state index in [-0.39, 0.29) is 17.4 Å². The van der Waals surface area contributed by atoms with Gasteiger partial charge < -0.3 is 15.8 Å². The lowest BCUT2D eigenvalue weighted by Gasteiger charge is -2.35. The lowest BCUT2D eigenvalue weighted by atomic mass is 9.71. The molecule has 0 aliphatic heterocycles. The van der Waals surface area contributed by atoms with E-state index in [1.54, 1.807) is 0 Å². The molecule has 2 rings (SSSR count). The van der Waals surface area contributed by atoms with Gasteiger partial charge in [0.1, 0.15) is 5.75 Å². The van der Waals surface area contributed by atoms with Crippen LogP contribution in [0.1, 0.15) is 52.4 Å². The molecule has 22 heavy (non-hydrogen) atoms. The van der Waals surface area contributed by atoms with Crippen molar-refractivity contribution in [1.29, 1.82) is 0 Å². The van der Waals surface area contributed by atoms with Gasteiger partial charge in [0.05, 0.1) is 6.10 Å². The van der Waals surface area contributed by atoms with Crippen LogP contribution < -0.4 is 15.8 Å². The molecular formula is C18H28N2O2. The first-order valence-corrected chi connectivity index (χ1v) is 8.30. The van der Waals surface area contributed by atoms with E-state index >= 15 is 0 Å². The summed E-state index contributed by atoms with van der Waals surface area (Å²) in [6, 6.07) is 7.53. The Bertz CT molecular complexity index is 476. The normalized spacial score (nSPS) is 17.3. The Balaban J connectivity index is 1.91. The van der Waals surface area contributed by atoms with Crippen LogP contribution in [0.4, 0.5) is 5.69 Å². The number of carbonyl (C=O) groups excluding carboxylic acids is 1. The molecule has 122 valence electrons. The van der Waals surface area contributed by atoms with E-state index < -0.39 is 0 Å². The van der Waals surface area contributed by atoms with Crippen LogP contribution in [0.5, 0.6) is 5.75 Å². The molecular weight excluding hydrogens is 276 g/mol. The maximum absolute atomic E-state index is 12.3. The molecule has 0 bridgehead atoms. The quantitative estimate of drug-likeness (QED) is 0.842. The van der Waals surface area contributed by atoms with Gasteiger partial charge >= 0.3 is 0 Å². The summed E-state index contributed by atoms with van der Waals surface area (Å²) in [7, 11) is 0. The van der Waals surface area contributed by atoms with Gasteiger partial charge in [0.2, 0.25) is 5.91 Å². The molecule has 1 aromatic rings. The summed E-state index contributed by atoms with van der Waals surface area (Å²) in [4.78, 5) is 12.3. The van der Waals surface area contributed by atoms with Gasteiger partial charge in [-0.05, 0) is 62.9 Å². The highest BCUT2D eigenvalue weighted by atomic mass is 16.5. The van der Waals surface area contributed by atoms with Gasteiger partial charge in [0.25, 0.3) is 0 Å². The fourth-order valence-electron chi connectivity index (χ4n) is 3.19. The van der Waals surface area contributed by atoms with E-state index in [2.05, 4.69) is 5.32 Å². The van der Waals surface area contributed by atoms with E-state index in [9.17, 15) is 4.79 Å². The van der Waals surface area contributed by atoms with Crippen LogP contribution in [0.15, 0.2) is 24.3 Å². The fraction of sp³-hybridized carbons (Fsp3) is 0.611. The third kappa shape index (κ3) is 4.73. The summed E-state index contributed by atoms with van der Waals surface area (Å²) in [6.07, 6.45) is 6.44. The Hall–Kier alpha value is -1.55. The molecule has 0 aromatic heterocycles. The maximum Gasteiger partial charge on any atom is 0.224 e. The highest BCUT2D eigenvalue weighted by molar-refractivity contribution is 5.91. The molecule has 0 atom stereocenters. The lowest BCUT2D eigenvalue weighted by Crippen LogP contribution is -2.36. The zero-order valence-electron chi connectivity index (χ0n) is 13.7. The lowest BCUT2D eigenvalue weighted by molar-refractivity contribution is -0.118. The van der Waals surface area contributed by atoms with Crippen molar-refractivity contribution in [2.45, 2.75) is 58.5 Å². The topological polar surface area (TPSA) is 64.3 Å². The van der Waals surface area contributed by atoms with Crippen molar-refractivity contribution in [3.8, 4) is 5.75 Å². The molecule has 4 nitrogen and oxygen atoms in total. The van der Waals surface area contributed by atoms with Crippen LogP contribution in [-0.2, 0) is 4.79 Å². The minimum Gasteiger partial charge on any atom is -0.491 e. The third-order valence-electron chi connectivity index (χ3n) is 4.39. The van der Waals surface area contributed by atoms with E-state index in [4.69, 9.17) is 10.5 Å². The first kappa shape index (κ1) is 16.8. The molecule has 0 heterocycles. The number of ether oxygens (including phenoxy) is 1. The number of nitrogens with one attached hydrogen (secondary N) is 1. The Labute approximate surface area is 133 Å². The van der Waals surface area contributed by atoms with Crippen molar-refractivity contribution in [1.82, 2.24) is 0 Å². The molecule has 1 aliphatic rings. The van der Waals surface area contributed by atoms with Crippen molar-refractivity contribution in [3.63, 3.8) is 0 Å². The molecule has 0 saturated heterocycles. The third-order valence-corrected chi connectivity index (χ3v) is 4.39. The van der Waals surface area contributed by atoms with Gasteiger partial charge in [-0.1, -0.05) is 19.3 Å². The smallest absolute Gasteiger partial charge is 0.224 e. The molecule has 1 aliphatic carbocycles. The molecule has 0 radical (unpaired) electrons. The zero-order chi connectivity index (χ0) is 16.0. The molecule has 0 spiro atoms. The van der Waals surface area contributed by atoms with Gasteiger partial charge in [0.15, 0.2) is 0 Å². The minimum absolute atomic E-state index is 0.00300. The Morgan fingerprint density at radius 2 is 1.86 bits per heavy atom. The Morgan fingerprint density at radius 1 is 1.23 bits per heavy atom. The van der Waals surface area contributed by atoms with E-state index in [0.29, 0.717) is 13.0 Å². The fourth-order valence-corrected chi connectivity index (χ4v) is 3.19. The molecule has 4 heteroatoms. The first-order chi connectivity index (χ1) is 10.5. The number of hydrogen-bond donors (Lipinski definition) is 2. The zero-order valence-corrected chi connectivity index (χ0v) is 13.7. The van der Waals surface area contributed by atoms with E-state index in [1.165, 1.54) is 19.3 Å². The highest BCUT2D eigenvalue weighted by Crippen LogP contribution is 2.38. The number of hydrogen-bond acceptors (Lipinski definition) is 3. The van der Waals surface area contributed by atoms with Crippen LogP contribution in [0.25, 0.3) is 0 Å².